The van der Waals surface area contributed by atoms with Crippen LogP contribution in [0.4, 0.5) is 0 Å². The molecule has 8 heteroatoms. The summed E-state index contributed by atoms with van der Waals surface area (Å²) in [5, 5.41) is 0. The van der Waals surface area contributed by atoms with Crippen molar-refractivity contribution in [2.24, 2.45) is 0 Å². The van der Waals surface area contributed by atoms with Crippen LogP contribution in [0, 0.1) is 0 Å². The molecular formula is C8H16NO6S-. The molecule has 0 fully saturated rings. The van der Waals surface area contributed by atoms with Gasteiger partial charge in [-0.2, -0.15) is 0 Å². The molecule has 0 spiro atoms. The third-order valence-electron chi connectivity index (χ3n) is 1.18. The molecule has 0 aliphatic heterocycles. The maximum absolute atomic E-state index is 10.8. The van der Waals surface area contributed by atoms with Gasteiger partial charge in [0.15, 0.2) is 0 Å². The van der Waals surface area contributed by atoms with E-state index in [9.17, 15) is 4.79 Å². The number of carbonyl (C=O) groups excluding carboxylic acids is 1. The molecule has 0 unspecified atom stereocenters. The van der Waals surface area contributed by atoms with Gasteiger partial charge in [0, 0.05) is 16.0 Å². The average molecular weight is 254 g/mol. The van der Waals surface area contributed by atoms with E-state index in [4.69, 9.17) is 22.3 Å². The molecule has 96 valence electrons. The normalized spacial score (nSPS) is 10.4. The lowest BCUT2D eigenvalue weighted by Crippen LogP contribution is -3.06. The summed E-state index contributed by atoms with van der Waals surface area (Å²) in [5.74, 6) is -0.300. The molecule has 0 saturated heterocycles. The predicted molar refractivity (Wildman–Crippen MR) is 53.9 cm³/mol. The van der Waals surface area contributed by atoms with Gasteiger partial charge in [-0.3, -0.25) is 8.42 Å². The van der Waals surface area contributed by atoms with Crippen molar-refractivity contribution in [3.8, 4) is 0 Å². The zero-order chi connectivity index (χ0) is 13.4. The van der Waals surface area contributed by atoms with E-state index in [0.29, 0.717) is 12.2 Å². The van der Waals surface area contributed by atoms with Crippen molar-refractivity contribution in [2.75, 3.05) is 27.2 Å². The van der Waals surface area contributed by atoms with Crippen LogP contribution in [0.5, 0.6) is 0 Å². The van der Waals surface area contributed by atoms with Crippen molar-refractivity contribution in [3.63, 3.8) is 0 Å². The van der Waals surface area contributed by atoms with Crippen molar-refractivity contribution in [1.29, 1.82) is 0 Å². The number of likely N-dealkylation sites (N-methyl/N-ethyl adjacent to an activating group) is 1. The van der Waals surface area contributed by atoms with Crippen LogP contribution in [0.15, 0.2) is 12.2 Å². The van der Waals surface area contributed by atoms with Gasteiger partial charge < -0.3 is 18.7 Å². The van der Waals surface area contributed by atoms with Gasteiger partial charge in [-0.15, -0.1) is 0 Å². The number of ether oxygens (including phenoxy) is 1. The Morgan fingerprint density at radius 1 is 1.38 bits per heavy atom. The standard InChI is InChI=1S/C8H15NO2.H2O4S/c1-7(2)8(10)11-6-5-9(3)4;1-5(2,3)4/h1,5-6H2,2-4H3;(H2,1,2,3,4)/p-1. The lowest BCUT2D eigenvalue weighted by molar-refractivity contribution is -0.858. The predicted octanol–water partition coefficient (Wildman–Crippen LogP) is -2.09. The summed E-state index contributed by atoms with van der Waals surface area (Å²) in [4.78, 5) is 12.1. The molecule has 0 radical (unpaired) electrons. The van der Waals surface area contributed by atoms with E-state index in [1.807, 2.05) is 14.1 Å². The van der Waals surface area contributed by atoms with Crippen LogP contribution in [0.3, 0.4) is 0 Å². The highest BCUT2D eigenvalue weighted by molar-refractivity contribution is 7.79. The second-order valence-corrected chi connectivity index (χ2v) is 4.10. The highest BCUT2D eigenvalue weighted by Crippen LogP contribution is 1.89. The molecule has 0 aromatic rings. The van der Waals surface area contributed by atoms with E-state index >= 15 is 0 Å². The second-order valence-electron chi connectivity index (χ2n) is 3.28. The zero-order valence-electron chi connectivity index (χ0n) is 9.48. The molecule has 0 atom stereocenters. The molecule has 0 heterocycles. The molecule has 0 aromatic carbocycles. The molecular weight excluding hydrogens is 238 g/mol. The molecule has 0 aliphatic carbocycles. The van der Waals surface area contributed by atoms with Gasteiger partial charge in [-0.05, 0) is 6.92 Å². The highest BCUT2D eigenvalue weighted by atomic mass is 32.3. The first kappa shape index (κ1) is 17.4. The molecule has 16 heavy (non-hydrogen) atoms. The fourth-order valence-electron chi connectivity index (χ4n) is 0.471. The molecule has 0 rings (SSSR count). The van der Waals surface area contributed by atoms with Crippen molar-refractivity contribution >= 4 is 16.4 Å². The number of esters is 1. The molecule has 7 nitrogen and oxygen atoms in total. The minimum Gasteiger partial charge on any atom is -0.759 e. The summed E-state index contributed by atoms with van der Waals surface area (Å²) in [6.07, 6.45) is 0. The molecule has 1 N–H and O–H groups in total. The van der Waals surface area contributed by atoms with E-state index in [2.05, 4.69) is 6.58 Å². The summed E-state index contributed by atoms with van der Waals surface area (Å²) in [6.45, 7) is 6.41. The fraction of sp³-hybridized carbons (Fsp3) is 0.625. The van der Waals surface area contributed by atoms with Crippen LogP contribution in [-0.2, 0) is 19.9 Å². The average Bonchev–Trinajstić information content (AvgIpc) is 1.99. The molecule has 0 bridgehead atoms. The number of hydrogen-bond acceptors (Lipinski definition) is 6. The van der Waals surface area contributed by atoms with Crippen molar-refractivity contribution in [3.05, 3.63) is 12.2 Å². The Labute approximate surface area is 95.3 Å². The summed E-state index contributed by atoms with van der Waals surface area (Å²) in [5.41, 5.74) is 0.457. The Hall–Kier alpha value is -0.960. The Morgan fingerprint density at radius 3 is 2.00 bits per heavy atom. The van der Waals surface area contributed by atoms with Crippen molar-refractivity contribution in [2.45, 2.75) is 6.92 Å². The zero-order valence-corrected chi connectivity index (χ0v) is 10.3. The minimum absolute atomic E-state index is 0.300. The maximum atomic E-state index is 10.8. The van der Waals surface area contributed by atoms with Crippen LogP contribution >= 0.6 is 0 Å². The lowest BCUT2D eigenvalue weighted by Gasteiger charge is -2.07. The Kier molecular flexibility index (Phi) is 8.96. The molecule has 0 amide bonds. The van der Waals surface area contributed by atoms with Crippen LogP contribution in [0.2, 0.25) is 0 Å². The van der Waals surface area contributed by atoms with E-state index in [0.717, 1.165) is 6.54 Å². The first-order valence-electron chi connectivity index (χ1n) is 4.32. The maximum Gasteiger partial charge on any atom is 0.333 e. The summed E-state index contributed by atoms with van der Waals surface area (Å²) in [7, 11) is -1.15. The van der Waals surface area contributed by atoms with Gasteiger partial charge in [0.1, 0.15) is 13.2 Å². The van der Waals surface area contributed by atoms with E-state index < -0.39 is 10.4 Å². The van der Waals surface area contributed by atoms with Crippen LogP contribution in [0.1, 0.15) is 6.92 Å². The number of rotatable bonds is 4. The monoisotopic (exact) mass is 254 g/mol. The van der Waals surface area contributed by atoms with Gasteiger partial charge in [0.2, 0.25) is 0 Å². The minimum atomic E-state index is -5.17. The van der Waals surface area contributed by atoms with Gasteiger partial charge in [-0.25, -0.2) is 4.79 Å². The van der Waals surface area contributed by atoms with Crippen molar-refractivity contribution in [1.82, 2.24) is 0 Å². The quantitative estimate of drug-likeness (QED) is 0.266. The summed E-state index contributed by atoms with van der Waals surface area (Å²) in [6, 6.07) is 0. The molecule has 0 aromatic heterocycles. The first-order valence-corrected chi connectivity index (χ1v) is 5.65. The van der Waals surface area contributed by atoms with E-state index in [1.54, 1.807) is 6.92 Å². The fourth-order valence-corrected chi connectivity index (χ4v) is 0.471. The first-order chi connectivity index (χ1) is 7.04. The van der Waals surface area contributed by atoms with Crippen LogP contribution in [0.25, 0.3) is 0 Å². The number of quaternary nitrogens is 1. The van der Waals surface area contributed by atoms with Crippen molar-refractivity contribution < 1.29 is 32.0 Å². The number of nitrogens with one attached hydrogen (secondary N) is 1. The SMILES string of the molecule is C=C(C)C(=O)OCC[NH+](C)C.O=S(=O)([O-])[O-]. The van der Waals surface area contributed by atoms with E-state index in [1.165, 1.54) is 4.90 Å². The Balaban J connectivity index is 0. The topological polar surface area (TPSA) is 111 Å². The van der Waals surface area contributed by atoms with Gasteiger partial charge in [0.05, 0.1) is 14.1 Å². The largest absolute Gasteiger partial charge is 0.759 e. The second kappa shape index (κ2) is 8.22. The smallest absolute Gasteiger partial charge is 0.333 e. The summed E-state index contributed by atoms with van der Waals surface area (Å²) < 4.78 is 38.9. The Bertz CT molecular complexity index is 313. The molecule has 0 aliphatic rings. The third kappa shape index (κ3) is 23.1. The number of carbonyl (C=O) groups is 1. The van der Waals surface area contributed by atoms with Gasteiger partial charge in [-0.1, -0.05) is 6.58 Å². The third-order valence-corrected chi connectivity index (χ3v) is 1.18. The number of hydrogen-bond donors (Lipinski definition) is 1. The highest BCUT2D eigenvalue weighted by Gasteiger charge is 2.02. The van der Waals surface area contributed by atoms with Gasteiger partial charge >= 0.3 is 5.97 Å². The summed E-state index contributed by atoms with van der Waals surface area (Å²) >= 11 is 0. The lowest BCUT2D eigenvalue weighted by atomic mass is 10.4. The van der Waals surface area contributed by atoms with Crippen LogP contribution < -0.4 is 4.90 Å². The van der Waals surface area contributed by atoms with Crippen LogP contribution in [-0.4, -0.2) is 50.7 Å². The molecule has 0 saturated carbocycles. The van der Waals surface area contributed by atoms with Gasteiger partial charge in [0.25, 0.3) is 0 Å². The Morgan fingerprint density at radius 2 is 1.75 bits per heavy atom. The van der Waals surface area contributed by atoms with E-state index in [-0.39, 0.29) is 5.97 Å².